The number of aliphatic imine (C=N–C) groups is 1. The van der Waals surface area contributed by atoms with Crippen molar-refractivity contribution in [1.82, 2.24) is 25.2 Å². The van der Waals surface area contributed by atoms with Crippen molar-refractivity contribution in [1.29, 1.82) is 0 Å². The van der Waals surface area contributed by atoms with E-state index in [2.05, 4.69) is 25.3 Å². The molecule has 1 amide bonds. The monoisotopic (exact) mass is 362 g/mol. The molecule has 8 nitrogen and oxygen atoms in total. The molecule has 1 saturated heterocycles. The number of amides is 1. The predicted octanol–water partition coefficient (Wildman–Crippen LogP) is 0.769. The molecule has 1 N–H and O–H groups in total. The molecule has 1 aromatic heterocycles. The highest BCUT2D eigenvalue weighted by Gasteiger charge is 2.24. The molecule has 1 aromatic rings. The summed E-state index contributed by atoms with van der Waals surface area (Å²) in [5.74, 6) is 0.911. The zero-order valence-corrected chi connectivity index (χ0v) is 15.9. The fraction of sp³-hybridized carbons (Fsp3) is 0.722. The van der Waals surface area contributed by atoms with Gasteiger partial charge in [-0.05, 0) is 12.8 Å². The maximum Gasteiger partial charge on any atom is 0.243 e. The van der Waals surface area contributed by atoms with Gasteiger partial charge < -0.3 is 19.6 Å². The van der Waals surface area contributed by atoms with Gasteiger partial charge in [-0.1, -0.05) is 18.0 Å². The van der Waals surface area contributed by atoms with Gasteiger partial charge in [0, 0.05) is 58.9 Å². The van der Waals surface area contributed by atoms with Gasteiger partial charge in [0.2, 0.25) is 5.91 Å². The van der Waals surface area contributed by atoms with Gasteiger partial charge in [-0.15, -0.1) is 0 Å². The Morgan fingerprint density at radius 1 is 1.31 bits per heavy atom. The summed E-state index contributed by atoms with van der Waals surface area (Å²) in [6.45, 7) is 4.69. The van der Waals surface area contributed by atoms with Crippen LogP contribution in [0.2, 0.25) is 0 Å². The fourth-order valence-electron chi connectivity index (χ4n) is 3.44. The second kappa shape index (κ2) is 9.02. The highest BCUT2D eigenvalue weighted by Crippen LogP contribution is 2.18. The Kier molecular flexibility index (Phi) is 6.49. The Morgan fingerprint density at radius 2 is 2.04 bits per heavy atom. The Bertz CT molecular complexity index is 587. The summed E-state index contributed by atoms with van der Waals surface area (Å²) in [4.78, 5) is 22.8. The van der Waals surface area contributed by atoms with Crippen LogP contribution in [0, 0.1) is 0 Å². The lowest BCUT2D eigenvalue weighted by molar-refractivity contribution is -0.127. The lowest BCUT2D eigenvalue weighted by Gasteiger charge is -2.37. The van der Waals surface area contributed by atoms with E-state index < -0.39 is 0 Å². The first-order chi connectivity index (χ1) is 12.6. The maximum absolute atomic E-state index is 11.9. The number of piperazine rings is 1. The van der Waals surface area contributed by atoms with Gasteiger partial charge >= 0.3 is 0 Å². The summed E-state index contributed by atoms with van der Waals surface area (Å²) >= 11 is 0. The SMILES string of the molecule is CN(C)C(=O)CN=C(NC1CCCC1)N1CCN(Cc2ccon2)CC1. The standard InChI is InChI=1S/C18H30N6O2/c1-22(2)17(25)13-19-18(20-15-5-3-4-6-15)24-10-8-23(9-11-24)14-16-7-12-26-21-16/h7,12,15H,3-6,8-11,13-14H2,1-2H3,(H,19,20). The number of hydrogen-bond donors (Lipinski definition) is 1. The van der Waals surface area contributed by atoms with Gasteiger partial charge in [0.25, 0.3) is 0 Å². The number of hydrogen-bond acceptors (Lipinski definition) is 5. The molecule has 8 heteroatoms. The highest BCUT2D eigenvalue weighted by atomic mass is 16.5. The average Bonchev–Trinajstić information content (AvgIpc) is 3.33. The van der Waals surface area contributed by atoms with Gasteiger partial charge in [-0.2, -0.15) is 0 Å². The maximum atomic E-state index is 11.9. The Labute approximate surface area is 155 Å². The van der Waals surface area contributed by atoms with E-state index in [4.69, 9.17) is 4.52 Å². The van der Waals surface area contributed by atoms with E-state index in [1.165, 1.54) is 25.7 Å². The Morgan fingerprint density at radius 3 is 2.65 bits per heavy atom. The molecule has 0 bridgehead atoms. The smallest absolute Gasteiger partial charge is 0.243 e. The molecule has 2 fully saturated rings. The van der Waals surface area contributed by atoms with Crippen molar-refractivity contribution in [2.24, 2.45) is 4.99 Å². The van der Waals surface area contributed by atoms with Gasteiger partial charge in [0.05, 0.1) is 5.69 Å². The number of carbonyl (C=O) groups excluding carboxylic acids is 1. The van der Waals surface area contributed by atoms with E-state index >= 15 is 0 Å². The molecule has 0 aromatic carbocycles. The quantitative estimate of drug-likeness (QED) is 0.616. The van der Waals surface area contributed by atoms with Crippen LogP contribution >= 0.6 is 0 Å². The van der Waals surface area contributed by atoms with Crippen molar-refractivity contribution in [3.05, 3.63) is 18.0 Å². The first-order valence-corrected chi connectivity index (χ1v) is 9.49. The largest absolute Gasteiger partial charge is 0.364 e. The zero-order valence-electron chi connectivity index (χ0n) is 15.9. The number of aromatic nitrogens is 1. The second-order valence-corrected chi connectivity index (χ2v) is 7.31. The average molecular weight is 362 g/mol. The lowest BCUT2D eigenvalue weighted by Crippen LogP contribution is -2.54. The van der Waals surface area contributed by atoms with Gasteiger partial charge in [0.15, 0.2) is 5.96 Å². The number of nitrogens with one attached hydrogen (secondary N) is 1. The van der Waals surface area contributed by atoms with E-state index in [-0.39, 0.29) is 12.5 Å². The van der Waals surface area contributed by atoms with Crippen molar-refractivity contribution in [2.75, 3.05) is 46.8 Å². The molecule has 0 atom stereocenters. The number of carbonyl (C=O) groups is 1. The van der Waals surface area contributed by atoms with E-state index in [1.807, 2.05) is 6.07 Å². The van der Waals surface area contributed by atoms with E-state index in [9.17, 15) is 4.79 Å². The molecule has 26 heavy (non-hydrogen) atoms. The van der Waals surface area contributed by atoms with Gasteiger partial charge in [-0.3, -0.25) is 9.69 Å². The minimum Gasteiger partial charge on any atom is -0.364 e. The predicted molar refractivity (Wildman–Crippen MR) is 99.7 cm³/mol. The lowest BCUT2D eigenvalue weighted by atomic mass is 10.2. The number of likely N-dealkylation sites (N-methyl/N-ethyl adjacent to an activating group) is 1. The zero-order chi connectivity index (χ0) is 18.4. The third kappa shape index (κ3) is 5.20. The van der Waals surface area contributed by atoms with Gasteiger partial charge in [0.1, 0.15) is 12.8 Å². The van der Waals surface area contributed by atoms with Crippen molar-refractivity contribution in [2.45, 2.75) is 38.3 Å². The van der Waals surface area contributed by atoms with Crippen LogP contribution in [-0.4, -0.2) is 84.6 Å². The van der Waals surface area contributed by atoms with Crippen molar-refractivity contribution >= 4 is 11.9 Å². The minimum absolute atomic E-state index is 0.0281. The summed E-state index contributed by atoms with van der Waals surface area (Å²) in [6.07, 6.45) is 6.53. The summed E-state index contributed by atoms with van der Waals surface area (Å²) in [7, 11) is 3.54. The molecule has 2 aliphatic rings. The minimum atomic E-state index is 0.0281. The fourth-order valence-corrected chi connectivity index (χ4v) is 3.44. The van der Waals surface area contributed by atoms with Crippen LogP contribution in [0.25, 0.3) is 0 Å². The molecule has 0 radical (unpaired) electrons. The molecular formula is C18H30N6O2. The van der Waals surface area contributed by atoms with Crippen LogP contribution in [0.3, 0.4) is 0 Å². The number of guanidine groups is 1. The van der Waals surface area contributed by atoms with Gasteiger partial charge in [-0.25, -0.2) is 4.99 Å². The summed E-state index contributed by atoms with van der Waals surface area (Å²) in [6, 6.07) is 2.39. The molecule has 144 valence electrons. The first kappa shape index (κ1) is 18.7. The highest BCUT2D eigenvalue weighted by molar-refractivity contribution is 5.85. The van der Waals surface area contributed by atoms with Crippen LogP contribution in [0.5, 0.6) is 0 Å². The molecule has 2 heterocycles. The third-order valence-electron chi connectivity index (χ3n) is 5.10. The van der Waals surface area contributed by atoms with Crippen LogP contribution < -0.4 is 5.32 Å². The molecule has 3 rings (SSSR count). The number of nitrogens with zero attached hydrogens (tertiary/aromatic N) is 5. The molecule has 0 unspecified atom stereocenters. The molecular weight excluding hydrogens is 332 g/mol. The van der Waals surface area contributed by atoms with E-state index in [0.29, 0.717) is 6.04 Å². The van der Waals surface area contributed by atoms with Crippen molar-refractivity contribution in [3.63, 3.8) is 0 Å². The normalized spacial score (nSPS) is 19.8. The van der Waals surface area contributed by atoms with Crippen LogP contribution in [0.1, 0.15) is 31.4 Å². The van der Waals surface area contributed by atoms with Crippen molar-refractivity contribution in [3.8, 4) is 0 Å². The van der Waals surface area contributed by atoms with E-state index in [1.54, 1.807) is 25.3 Å². The molecule has 0 spiro atoms. The number of rotatable bonds is 5. The van der Waals surface area contributed by atoms with Crippen LogP contribution in [-0.2, 0) is 11.3 Å². The molecule has 1 aliphatic carbocycles. The van der Waals surface area contributed by atoms with E-state index in [0.717, 1.165) is 44.4 Å². The molecule has 1 saturated carbocycles. The van der Waals surface area contributed by atoms with Crippen molar-refractivity contribution < 1.29 is 9.32 Å². The molecule has 1 aliphatic heterocycles. The first-order valence-electron chi connectivity index (χ1n) is 9.49. The third-order valence-corrected chi connectivity index (χ3v) is 5.10. The van der Waals surface area contributed by atoms with Crippen LogP contribution in [0.4, 0.5) is 0 Å². The second-order valence-electron chi connectivity index (χ2n) is 7.31. The summed E-state index contributed by atoms with van der Waals surface area (Å²) in [5, 5.41) is 7.59. The topological polar surface area (TPSA) is 77.2 Å². The Hall–Kier alpha value is -2.09. The summed E-state index contributed by atoms with van der Waals surface area (Å²) < 4.78 is 4.91. The Balaban J connectivity index is 1.57. The van der Waals surface area contributed by atoms with Crippen LogP contribution in [0.15, 0.2) is 21.8 Å². The summed E-state index contributed by atoms with van der Waals surface area (Å²) in [5.41, 5.74) is 0.966.